The predicted octanol–water partition coefficient (Wildman–Crippen LogP) is 1.47. The quantitative estimate of drug-likeness (QED) is 0.911. The molecule has 100 valence electrons. The van der Waals surface area contributed by atoms with Crippen LogP contribution in [0.5, 0.6) is 0 Å². The summed E-state index contributed by atoms with van der Waals surface area (Å²) in [7, 11) is -3.49. The summed E-state index contributed by atoms with van der Waals surface area (Å²) in [5.74, 6) is -1.11. The highest BCUT2D eigenvalue weighted by Gasteiger charge is 2.39. The Kier molecular flexibility index (Phi) is 3.74. The Labute approximate surface area is 110 Å². The van der Waals surface area contributed by atoms with Gasteiger partial charge in [-0.25, -0.2) is 8.42 Å². The third-order valence-corrected chi connectivity index (χ3v) is 6.00. The SMILES string of the molecule is CCCS(=O)(=O)N1CCc2sccc2C1C(=O)O. The van der Waals surface area contributed by atoms with Gasteiger partial charge in [0, 0.05) is 11.4 Å². The van der Waals surface area contributed by atoms with Gasteiger partial charge in [0.05, 0.1) is 5.75 Å². The van der Waals surface area contributed by atoms with Crippen LogP contribution in [0.15, 0.2) is 11.4 Å². The van der Waals surface area contributed by atoms with Crippen LogP contribution in [-0.4, -0.2) is 36.1 Å². The predicted molar refractivity (Wildman–Crippen MR) is 69.2 cm³/mol. The molecule has 1 N–H and O–H groups in total. The number of hydrogen-bond acceptors (Lipinski definition) is 4. The minimum absolute atomic E-state index is 0.00372. The largest absolute Gasteiger partial charge is 0.480 e. The molecule has 0 bridgehead atoms. The van der Waals surface area contributed by atoms with Crippen LogP contribution >= 0.6 is 11.3 Å². The number of carbonyl (C=O) groups is 1. The second-order valence-electron chi connectivity index (χ2n) is 4.22. The van der Waals surface area contributed by atoms with E-state index in [1.54, 1.807) is 13.0 Å². The van der Waals surface area contributed by atoms with Gasteiger partial charge in [-0.1, -0.05) is 6.92 Å². The van der Waals surface area contributed by atoms with Crippen molar-refractivity contribution in [3.63, 3.8) is 0 Å². The normalized spacial score (nSPS) is 20.6. The van der Waals surface area contributed by atoms with E-state index < -0.39 is 22.0 Å². The summed E-state index contributed by atoms with van der Waals surface area (Å²) in [6, 6.07) is 0.656. The molecule has 1 unspecified atom stereocenters. The number of rotatable bonds is 4. The molecule has 0 aromatic carbocycles. The third-order valence-electron chi connectivity index (χ3n) is 2.97. The van der Waals surface area contributed by atoms with Gasteiger partial charge in [0.1, 0.15) is 6.04 Å². The number of sulfonamides is 1. The lowest BCUT2D eigenvalue weighted by Crippen LogP contribution is -2.43. The zero-order valence-electron chi connectivity index (χ0n) is 10.00. The van der Waals surface area contributed by atoms with Crippen molar-refractivity contribution in [2.24, 2.45) is 0 Å². The molecule has 7 heteroatoms. The zero-order chi connectivity index (χ0) is 13.3. The average molecular weight is 289 g/mol. The van der Waals surface area contributed by atoms with Crippen LogP contribution in [-0.2, 0) is 21.2 Å². The van der Waals surface area contributed by atoms with Crippen LogP contribution in [0, 0.1) is 0 Å². The van der Waals surface area contributed by atoms with Crippen LogP contribution in [0.1, 0.15) is 29.8 Å². The van der Waals surface area contributed by atoms with E-state index in [-0.39, 0.29) is 12.3 Å². The Morgan fingerprint density at radius 3 is 2.94 bits per heavy atom. The van der Waals surface area contributed by atoms with E-state index in [2.05, 4.69) is 0 Å². The van der Waals surface area contributed by atoms with Crippen molar-refractivity contribution in [1.82, 2.24) is 4.31 Å². The molecule has 0 spiro atoms. The van der Waals surface area contributed by atoms with Crippen LogP contribution in [0.4, 0.5) is 0 Å². The van der Waals surface area contributed by atoms with Crippen molar-refractivity contribution in [3.05, 3.63) is 21.9 Å². The minimum Gasteiger partial charge on any atom is -0.480 e. The summed E-state index contributed by atoms with van der Waals surface area (Å²) in [5, 5.41) is 11.1. The number of nitrogens with zero attached hydrogens (tertiary/aromatic N) is 1. The molecular weight excluding hydrogens is 274 g/mol. The van der Waals surface area contributed by atoms with Gasteiger partial charge in [0.25, 0.3) is 0 Å². The lowest BCUT2D eigenvalue weighted by atomic mass is 10.0. The number of thiophene rings is 1. The van der Waals surface area contributed by atoms with Gasteiger partial charge in [0.2, 0.25) is 10.0 Å². The average Bonchev–Trinajstić information content (AvgIpc) is 2.74. The van der Waals surface area contributed by atoms with E-state index >= 15 is 0 Å². The molecule has 0 saturated heterocycles. The highest BCUT2D eigenvalue weighted by molar-refractivity contribution is 7.89. The van der Waals surface area contributed by atoms with Crippen molar-refractivity contribution in [3.8, 4) is 0 Å². The molecule has 1 aliphatic heterocycles. The molecule has 1 aliphatic rings. The molecule has 0 fully saturated rings. The maximum absolute atomic E-state index is 12.1. The first-order valence-electron chi connectivity index (χ1n) is 5.76. The van der Waals surface area contributed by atoms with Crippen molar-refractivity contribution >= 4 is 27.3 Å². The number of aliphatic carboxylic acids is 1. The maximum Gasteiger partial charge on any atom is 0.326 e. The summed E-state index contributed by atoms with van der Waals surface area (Å²) < 4.78 is 25.3. The summed E-state index contributed by atoms with van der Waals surface area (Å²) in [4.78, 5) is 12.4. The molecule has 1 atom stereocenters. The molecule has 0 radical (unpaired) electrons. The highest BCUT2D eigenvalue weighted by Crippen LogP contribution is 2.35. The van der Waals surface area contributed by atoms with Gasteiger partial charge in [-0.3, -0.25) is 4.79 Å². The molecule has 0 saturated carbocycles. The number of carboxylic acid groups (broad SMARTS) is 1. The first kappa shape index (κ1) is 13.5. The summed E-state index contributed by atoms with van der Waals surface area (Å²) in [6.07, 6.45) is 1.08. The Bertz CT molecular complexity index is 549. The fourth-order valence-corrected chi connectivity index (χ4v) is 4.77. The molecule has 5 nitrogen and oxygen atoms in total. The van der Waals surface area contributed by atoms with Crippen molar-refractivity contribution in [1.29, 1.82) is 0 Å². The first-order valence-corrected chi connectivity index (χ1v) is 8.25. The van der Waals surface area contributed by atoms with Crippen LogP contribution < -0.4 is 0 Å². The molecule has 18 heavy (non-hydrogen) atoms. The Balaban J connectivity index is 2.42. The van der Waals surface area contributed by atoms with Crippen LogP contribution in [0.25, 0.3) is 0 Å². The Hall–Kier alpha value is -0.920. The van der Waals surface area contributed by atoms with E-state index in [4.69, 9.17) is 0 Å². The lowest BCUT2D eigenvalue weighted by molar-refractivity contribution is -0.142. The fourth-order valence-electron chi connectivity index (χ4n) is 2.22. The van der Waals surface area contributed by atoms with E-state index in [9.17, 15) is 18.3 Å². The van der Waals surface area contributed by atoms with Crippen molar-refractivity contribution < 1.29 is 18.3 Å². The zero-order valence-corrected chi connectivity index (χ0v) is 11.6. The summed E-state index contributed by atoms with van der Waals surface area (Å²) in [5.41, 5.74) is 0.624. The van der Waals surface area contributed by atoms with E-state index in [0.717, 1.165) is 9.18 Å². The second kappa shape index (κ2) is 4.99. The summed E-state index contributed by atoms with van der Waals surface area (Å²) >= 11 is 1.49. The van der Waals surface area contributed by atoms with Gasteiger partial charge in [-0.2, -0.15) is 4.31 Å². The number of fused-ring (bicyclic) bond motifs is 1. The molecule has 0 amide bonds. The van der Waals surface area contributed by atoms with E-state index in [0.29, 0.717) is 18.4 Å². The Morgan fingerprint density at radius 2 is 2.33 bits per heavy atom. The van der Waals surface area contributed by atoms with Crippen molar-refractivity contribution in [2.45, 2.75) is 25.8 Å². The van der Waals surface area contributed by atoms with Gasteiger partial charge < -0.3 is 5.11 Å². The van der Waals surface area contributed by atoms with Crippen LogP contribution in [0.3, 0.4) is 0 Å². The molecule has 1 aromatic rings. The Morgan fingerprint density at radius 1 is 1.61 bits per heavy atom. The van der Waals surface area contributed by atoms with Crippen LogP contribution in [0.2, 0.25) is 0 Å². The van der Waals surface area contributed by atoms with Gasteiger partial charge >= 0.3 is 5.97 Å². The van der Waals surface area contributed by atoms with E-state index in [1.807, 2.05) is 5.38 Å². The molecule has 0 aliphatic carbocycles. The number of hydrogen-bond donors (Lipinski definition) is 1. The topological polar surface area (TPSA) is 74.7 Å². The van der Waals surface area contributed by atoms with Gasteiger partial charge in [0.15, 0.2) is 0 Å². The van der Waals surface area contributed by atoms with Gasteiger partial charge in [-0.15, -0.1) is 11.3 Å². The fraction of sp³-hybridized carbons (Fsp3) is 0.545. The van der Waals surface area contributed by atoms with E-state index in [1.165, 1.54) is 11.3 Å². The lowest BCUT2D eigenvalue weighted by Gasteiger charge is -2.32. The number of carboxylic acids is 1. The smallest absolute Gasteiger partial charge is 0.326 e. The van der Waals surface area contributed by atoms with Crippen molar-refractivity contribution in [2.75, 3.05) is 12.3 Å². The molecule has 2 heterocycles. The molecule has 2 rings (SSSR count). The monoisotopic (exact) mass is 289 g/mol. The van der Waals surface area contributed by atoms with Gasteiger partial charge in [-0.05, 0) is 29.9 Å². The highest BCUT2D eigenvalue weighted by atomic mass is 32.2. The first-order chi connectivity index (χ1) is 8.47. The minimum atomic E-state index is -3.49. The molecule has 1 aromatic heterocycles. The maximum atomic E-state index is 12.1. The molecular formula is C11H15NO4S2. The third kappa shape index (κ3) is 2.30. The standard InChI is InChI=1S/C11H15NO4S2/c1-2-7-18(15,16)12-5-3-9-8(4-6-17-9)10(12)11(13)14/h4,6,10H,2-3,5,7H2,1H3,(H,13,14). The second-order valence-corrected chi connectivity index (χ2v) is 7.26. The summed E-state index contributed by atoms with van der Waals surface area (Å²) in [6.45, 7) is 2.03.